The first-order valence-electron chi connectivity index (χ1n) is 5.89. The number of anilines is 2. The summed E-state index contributed by atoms with van der Waals surface area (Å²) >= 11 is 5.84. The largest absolute Gasteiger partial charge is 0.394 e. The number of aromatic nitrogens is 3. The van der Waals surface area contributed by atoms with Crippen molar-refractivity contribution in [2.45, 2.75) is 33.7 Å². The van der Waals surface area contributed by atoms with Crippen LogP contribution in [-0.4, -0.2) is 15.1 Å². The van der Waals surface area contributed by atoms with Crippen LogP contribution in [0.1, 0.15) is 35.7 Å². The first-order chi connectivity index (χ1) is 8.90. The molecule has 1 unspecified atom stereocenters. The molecule has 102 valence electrons. The van der Waals surface area contributed by atoms with Gasteiger partial charge in [0.2, 0.25) is 5.28 Å². The minimum absolute atomic E-state index is 0.0427. The van der Waals surface area contributed by atoms with Crippen LogP contribution in [0.25, 0.3) is 0 Å². The first-order valence-corrected chi connectivity index (χ1v) is 6.27. The Morgan fingerprint density at radius 3 is 2.47 bits per heavy atom. The van der Waals surface area contributed by atoms with Crippen LogP contribution in [0, 0.1) is 20.8 Å². The predicted molar refractivity (Wildman–Crippen MR) is 74.2 cm³/mol. The summed E-state index contributed by atoms with van der Waals surface area (Å²) in [5.74, 6) is 1.29. The SMILES string of the molecule is Cc1nc(Cl)nc(NC(C)c2c(C)noc2C)c1N. The number of nitrogens with one attached hydrogen (secondary N) is 1. The third kappa shape index (κ3) is 2.63. The fourth-order valence-corrected chi connectivity index (χ4v) is 2.25. The van der Waals surface area contributed by atoms with Gasteiger partial charge in [-0.15, -0.1) is 0 Å². The molecule has 19 heavy (non-hydrogen) atoms. The molecular weight excluding hydrogens is 266 g/mol. The van der Waals surface area contributed by atoms with E-state index in [2.05, 4.69) is 20.4 Å². The lowest BCUT2D eigenvalue weighted by Crippen LogP contribution is -2.12. The van der Waals surface area contributed by atoms with Crippen LogP contribution in [-0.2, 0) is 0 Å². The van der Waals surface area contributed by atoms with Gasteiger partial charge >= 0.3 is 0 Å². The Morgan fingerprint density at radius 1 is 1.21 bits per heavy atom. The Bertz CT molecular complexity index is 591. The summed E-state index contributed by atoms with van der Waals surface area (Å²) in [5.41, 5.74) is 8.91. The van der Waals surface area contributed by atoms with E-state index in [1.165, 1.54) is 0 Å². The van der Waals surface area contributed by atoms with Crippen LogP contribution < -0.4 is 11.1 Å². The van der Waals surface area contributed by atoms with E-state index in [1.807, 2.05) is 20.8 Å². The van der Waals surface area contributed by atoms with Crippen LogP contribution >= 0.6 is 11.6 Å². The van der Waals surface area contributed by atoms with Gasteiger partial charge in [-0.2, -0.15) is 4.98 Å². The zero-order valence-corrected chi connectivity index (χ0v) is 12.0. The lowest BCUT2D eigenvalue weighted by atomic mass is 10.1. The molecule has 2 rings (SSSR count). The van der Waals surface area contributed by atoms with E-state index >= 15 is 0 Å². The molecule has 0 spiro atoms. The lowest BCUT2D eigenvalue weighted by molar-refractivity contribution is 0.392. The molecule has 0 aliphatic heterocycles. The average molecular weight is 282 g/mol. The van der Waals surface area contributed by atoms with Crippen LogP contribution in [0.5, 0.6) is 0 Å². The van der Waals surface area contributed by atoms with Gasteiger partial charge in [0.05, 0.1) is 23.1 Å². The standard InChI is InChI=1S/C12H16ClN5O/c1-5(9-6(2)18-19-8(9)4)15-11-10(14)7(3)16-12(13)17-11/h5H,14H2,1-4H3,(H,15,16,17). The van der Waals surface area contributed by atoms with Crippen molar-refractivity contribution >= 4 is 23.1 Å². The average Bonchev–Trinajstić information content (AvgIpc) is 2.65. The van der Waals surface area contributed by atoms with Crippen molar-refractivity contribution in [2.24, 2.45) is 0 Å². The first kappa shape index (κ1) is 13.6. The Kier molecular flexibility index (Phi) is 3.61. The maximum absolute atomic E-state index is 5.94. The van der Waals surface area contributed by atoms with Gasteiger partial charge in [0, 0.05) is 5.56 Å². The van der Waals surface area contributed by atoms with Crippen molar-refractivity contribution in [3.63, 3.8) is 0 Å². The molecule has 1 atom stereocenters. The highest BCUT2D eigenvalue weighted by Crippen LogP contribution is 2.28. The van der Waals surface area contributed by atoms with Crippen LogP contribution in [0.15, 0.2) is 4.52 Å². The summed E-state index contributed by atoms with van der Waals surface area (Å²) < 4.78 is 5.15. The Morgan fingerprint density at radius 2 is 1.89 bits per heavy atom. The molecule has 3 N–H and O–H groups in total. The summed E-state index contributed by atoms with van der Waals surface area (Å²) in [4.78, 5) is 8.11. The zero-order chi connectivity index (χ0) is 14.2. The lowest BCUT2D eigenvalue weighted by Gasteiger charge is -2.16. The van der Waals surface area contributed by atoms with E-state index < -0.39 is 0 Å². The molecule has 6 nitrogen and oxygen atoms in total. The number of rotatable bonds is 3. The molecule has 0 amide bonds. The molecule has 0 aliphatic carbocycles. The highest BCUT2D eigenvalue weighted by molar-refractivity contribution is 6.28. The fraction of sp³-hybridized carbons (Fsp3) is 0.417. The maximum atomic E-state index is 5.94. The summed E-state index contributed by atoms with van der Waals surface area (Å²) in [6, 6.07) is -0.0427. The van der Waals surface area contributed by atoms with Crippen molar-refractivity contribution in [3.05, 3.63) is 28.0 Å². The van der Waals surface area contributed by atoms with Crippen molar-refractivity contribution in [1.82, 2.24) is 15.1 Å². The molecule has 0 saturated heterocycles. The molecule has 0 aliphatic rings. The molecule has 0 saturated carbocycles. The second kappa shape index (κ2) is 5.05. The van der Waals surface area contributed by atoms with Gasteiger partial charge in [0.1, 0.15) is 5.76 Å². The van der Waals surface area contributed by atoms with E-state index in [1.54, 1.807) is 6.92 Å². The predicted octanol–water partition coefficient (Wildman–Crippen LogP) is 2.80. The number of hydrogen-bond donors (Lipinski definition) is 2. The topological polar surface area (TPSA) is 89.9 Å². The van der Waals surface area contributed by atoms with E-state index in [9.17, 15) is 0 Å². The number of nitrogens with zero attached hydrogens (tertiary/aromatic N) is 3. The Balaban J connectivity index is 2.32. The Hall–Kier alpha value is -1.82. The van der Waals surface area contributed by atoms with Gasteiger partial charge in [0.25, 0.3) is 0 Å². The molecule has 0 bridgehead atoms. The van der Waals surface area contributed by atoms with Crippen molar-refractivity contribution < 1.29 is 4.52 Å². The summed E-state index contributed by atoms with van der Waals surface area (Å²) in [7, 11) is 0. The number of nitrogen functional groups attached to an aromatic ring is 1. The van der Waals surface area contributed by atoms with Crippen molar-refractivity contribution in [3.8, 4) is 0 Å². The third-order valence-electron chi connectivity index (χ3n) is 2.98. The number of nitrogens with two attached hydrogens (primary N) is 1. The summed E-state index contributed by atoms with van der Waals surface area (Å²) in [6.07, 6.45) is 0. The van der Waals surface area contributed by atoms with Gasteiger partial charge < -0.3 is 15.6 Å². The second-order valence-electron chi connectivity index (χ2n) is 4.44. The minimum atomic E-state index is -0.0427. The quantitative estimate of drug-likeness (QED) is 0.841. The normalized spacial score (nSPS) is 12.5. The van der Waals surface area contributed by atoms with Gasteiger partial charge in [-0.05, 0) is 39.3 Å². The van der Waals surface area contributed by atoms with Gasteiger partial charge in [-0.25, -0.2) is 4.98 Å². The molecule has 0 radical (unpaired) electrons. The minimum Gasteiger partial charge on any atom is -0.394 e. The van der Waals surface area contributed by atoms with E-state index in [0.29, 0.717) is 17.2 Å². The summed E-state index contributed by atoms with van der Waals surface area (Å²) in [6.45, 7) is 7.53. The third-order valence-corrected chi connectivity index (χ3v) is 3.15. The van der Waals surface area contributed by atoms with Gasteiger partial charge in [0.15, 0.2) is 5.82 Å². The van der Waals surface area contributed by atoms with Crippen LogP contribution in [0.4, 0.5) is 11.5 Å². The van der Waals surface area contributed by atoms with E-state index in [4.69, 9.17) is 21.9 Å². The summed E-state index contributed by atoms with van der Waals surface area (Å²) in [5, 5.41) is 7.31. The molecule has 2 heterocycles. The van der Waals surface area contributed by atoms with Crippen LogP contribution in [0.2, 0.25) is 5.28 Å². The highest BCUT2D eigenvalue weighted by Gasteiger charge is 2.18. The molecule has 7 heteroatoms. The van der Waals surface area contributed by atoms with Gasteiger partial charge in [-0.3, -0.25) is 0 Å². The van der Waals surface area contributed by atoms with E-state index in [0.717, 1.165) is 17.0 Å². The smallest absolute Gasteiger partial charge is 0.224 e. The Labute approximate surface area is 116 Å². The number of hydrogen-bond acceptors (Lipinski definition) is 6. The highest BCUT2D eigenvalue weighted by atomic mass is 35.5. The number of aryl methyl sites for hydroxylation is 3. The van der Waals surface area contributed by atoms with Crippen LogP contribution in [0.3, 0.4) is 0 Å². The molecule has 2 aromatic heterocycles. The molecule has 2 aromatic rings. The molecule has 0 fully saturated rings. The maximum Gasteiger partial charge on any atom is 0.224 e. The van der Waals surface area contributed by atoms with Crippen molar-refractivity contribution in [2.75, 3.05) is 11.1 Å². The number of halogens is 1. The zero-order valence-electron chi connectivity index (χ0n) is 11.3. The van der Waals surface area contributed by atoms with Crippen molar-refractivity contribution in [1.29, 1.82) is 0 Å². The fourth-order valence-electron chi connectivity index (χ4n) is 2.04. The monoisotopic (exact) mass is 281 g/mol. The second-order valence-corrected chi connectivity index (χ2v) is 4.78. The molecule has 0 aromatic carbocycles. The van der Waals surface area contributed by atoms with E-state index in [-0.39, 0.29) is 11.3 Å². The molecular formula is C12H16ClN5O. The van der Waals surface area contributed by atoms with Gasteiger partial charge in [-0.1, -0.05) is 5.16 Å².